The van der Waals surface area contributed by atoms with Crippen molar-refractivity contribution in [3.05, 3.63) is 41.6 Å². The number of hydrogen-bond acceptors (Lipinski definition) is 5. The number of thioether (sulfide) groups is 2. The van der Waals surface area contributed by atoms with Crippen molar-refractivity contribution in [2.45, 2.75) is 16.3 Å². The van der Waals surface area contributed by atoms with Crippen LogP contribution in [0.2, 0.25) is 0 Å². The van der Waals surface area contributed by atoms with E-state index >= 15 is 0 Å². The number of β-lactam (4-membered cyclic amide) rings is 1. The minimum absolute atomic E-state index is 0.119. The second-order valence-electron chi connectivity index (χ2n) is 4.79. The molecule has 1 unspecified atom stereocenters. The number of carboxylic acid groups (broad SMARTS) is 1. The van der Waals surface area contributed by atoms with Gasteiger partial charge in [0.2, 0.25) is 5.91 Å². The van der Waals surface area contributed by atoms with E-state index in [1.54, 1.807) is 11.8 Å². The van der Waals surface area contributed by atoms with Gasteiger partial charge in [0.25, 0.3) is 0 Å². The van der Waals surface area contributed by atoms with Gasteiger partial charge >= 0.3 is 5.97 Å². The average molecular weight is 322 g/mol. The number of aliphatic carboxylic acids is 1. The molecule has 0 saturated carbocycles. The van der Waals surface area contributed by atoms with Gasteiger partial charge in [0.05, 0.1) is 0 Å². The van der Waals surface area contributed by atoms with Gasteiger partial charge in [0.15, 0.2) is 0 Å². The largest absolute Gasteiger partial charge is 0.477 e. The van der Waals surface area contributed by atoms with E-state index < -0.39 is 12.0 Å². The van der Waals surface area contributed by atoms with E-state index in [9.17, 15) is 14.7 Å². The van der Waals surface area contributed by atoms with Crippen LogP contribution in [0.25, 0.3) is 0 Å². The molecule has 0 bridgehead atoms. The Hall–Kier alpha value is -1.44. The zero-order valence-electron chi connectivity index (χ0n) is 11.1. The number of rotatable bonds is 4. The first-order chi connectivity index (χ1) is 10.1. The SMILES string of the molecule is NC1C(=O)N2C(C(=O)O)=C(CSc3ccccc3)CS[C@H]12. The smallest absolute Gasteiger partial charge is 0.352 e. The highest BCUT2D eigenvalue weighted by Gasteiger charge is 2.51. The fourth-order valence-electron chi connectivity index (χ4n) is 2.38. The number of fused-ring (bicyclic) bond motifs is 1. The summed E-state index contributed by atoms with van der Waals surface area (Å²) in [5.41, 5.74) is 6.61. The first-order valence-corrected chi connectivity index (χ1v) is 8.46. The first-order valence-electron chi connectivity index (χ1n) is 6.43. The van der Waals surface area contributed by atoms with Crippen molar-refractivity contribution in [2.75, 3.05) is 11.5 Å². The molecule has 0 aliphatic carbocycles. The molecule has 110 valence electrons. The van der Waals surface area contributed by atoms with Crippen molar-refractivity contribution in [3.8, 4) is 0 Å². The molecule has 1 aromatic rings. The summed E-state index contributed by atoms with van der Waals surface area (Å²) in [5.74, 6) is -0.190. The molecule has 1 aromatic carbocycles. The summed E-state index contributed by atoms with van der Waals surface area (Å²) in [4.78, 5) is 25.7. The van der Waals surface area contributed by atoms with E-state index in [-0.39, 0.29) is 17.0 Å². The normalized spacial score (nSPS) is 24.6. The van der Waals surface area contributed by atoms with E-state index in [1.807, 2.05) is 30.3 Å². The maximum atomic E-state index is 11.8. The molecule has 1 saturated heterocycles. The van der Waals surface area contributed by atoms with Crippen LogP contribution < -0.4 is 5.73 Å². The van der Waals surface area contributed by atoms with Gasteiger partial charge in [-0.15, -0.1) is 23.5 Å². The lowest BCUT2D eigenvalue weighted by Gasteiger charge is -2.48. The lowest BCUT2D eigenvalue weighted by atomic mass is 10.0. The van der Waals surface area contributed by atoms with Gasteiger partial charge in [-0.1, -0.05) is 18.2 Å². The standard InChI is InChI=1S/C14H14N2O3S2/c15-10-12(17)16-11(14(18)19)8(7-21-13(10)16)6-20-9-4-2-1-3-5-9/h1-5,10,13H,6-7,15H2,(H,18,19)/t10?,13-/m1/s1. The van der Waals surface area contributed by atoms with Crippen molar-refractivity contribution in [1.29, 1.82) is 0 Å². The third-order valence-corrected chi connectivity index (χ3v) is 5.91. The Kier molecular flexibility index (Phi) is 3.97. The Labute approximate surface area is 130 Å². The summed E-state index contributed by atoms with van der Waals surface area (Å²) in [5, 5.41) is 9.19. The molecule has 21 heavy (non-hydrogen) atoms. The van der Waals surface area contributed by atoms with Crippen LogP contribution in [0, 0.1) is 0 Å². The van der Waals surface area contributed by atoms with Crippen molar-refractivity contribution in [2.24, 2.45) is 5.73 Å². The Balaban J connectivity index is 1.81. The number of amides is 1. The molecule has 0 spiro atoms. The van der Waals surface area contributed by atoms with Gasteiger partial charge in [-0.2, -0.15) is 0 Å². The quantitative estimate of drug-likeness (QED) is 0.643. The third-order valence-electron chi connectivity index (χ3n) is 3.45. The van der Waals surface area contributed by atoms with Gasteiger partial charge in [-0.3, -0.25) is 9.69 Å². The summed E-state index contributed by atoms with van der Waals surface area (Å²) >= 11 is 3.11. The van der Waals surface area contributed by atoms with Crippen LogP contribution in [0.4, 0.5) is 0 Å². The summed E-state index contributed by atoms with van der Waals surface area (Å²) in [6, 6.07) is 9.21. The van der Waals surface area contributed by atoms with Crippen LogP contribution in [0.3, 0.4) is 0 Å². The number of nitrogens with zero attached hydrogens (tertiary/aromatic N) is 1. The highest BCUT2D eigenvalue weighted by atomic mass is 32.2. The van der Waals surface area contributed by atoms with E-state index in [0.29, 0.717) is 11.5 Å². The van der Waals surface area contributed by atoms with Gasteiger partial charge < -0.3 is 10.8 Å². The number of carbonyl (C=O) groups is 2. The zero-order valence-corrected chi connectivity index (χ0v) is 12.7. The van der Waals surface area contributed by atoms with Crippen LogP contribution in [0.15, 0.2) is 46.5 Å². The zero-order chi connectivity index (χ0) is 15.0. The van der Waals surface area contributed by atoms with Gasteiger partial charge in [-0.25, -0.2) is 4.79 Å². The maximum Gasteiger partial charge on any atom is 0.352 e. The minimum atomic E-state index is -1.05. The number of hydrogen-bond donors (Lipinski definition) is 2. The molecule has 1 fully saturated rings. The predicted molar refractivity (Wildman–Crippen MR) is 82.9 cm³/mol. The van der Waals surface area contributed by atoms with Gasteiger partial charge in [0.1, 0.15) is 17.1 Å². The Morgan fingerprint density at radius 2 is 2.14 bits per heavy atom. The summed E-state index contributed by atoms with van der Waals surface area (Å²) in [6.07, 6.45) is 0. The number of carbonyl (C=O) groups excluding carboxylic acids is 1. The molecule has 5 nitrogen and oxygen atoms in total. The third kappa shape index (κ3) is 2.56. The van der Waals surface area contributed by atoms with E-state index in [0.717, 1.165) is 10.5 Å². The van der Waals surface area contributed by atoms with Crippen LogP contribution in [0.1, 0.15) is 0 Å². The molecule has 3 rings (SSSR count). The second-order valence-corrected chi connectivity index (χ2v) is 6.95. The molecule has 7 heteroatoms. The predicted octanol–water partition coefficient (Wildman–Crippen LogP) is 1.36. The second kappa shape index (κ2) is 5.75. The monoisotopic (exact) mass is 322 g/mol. The number of benzene rings is 1. The van der Waals surface area contributed by atoms with Crippen LogP contribution in [0.5, 0.6) is 0 Å². The lowest BCUT2D eigenvalue weighted by molar-refractivity contribution is -0.147. The molecular formula is C14H14N2O3S2. The van der Waals surface area contributed by atoms with Crippen molar-refractivity contribution in [3.63, 3.8) is 0 Å². The molecule has 2 aliphatic rings. The molecule has 2 aliphatic heterocycles. The lowest BCUT2D eigenvalue weighted by Crippen LogP contribution is -2.68. The van der Waals surface area contributed by atoms with E-state index in [4.69, 9.17) is 5.73 Å². The molecular weight excluding hydrogens is 308 g/mol. The van der Waals surface area contributed by atoms with Gasteiger partial charge in [0, 0.05) is 16.4 Å². The van der Waals surface area contributed by atoms with Crippen LogP contribution in [-0.4, -0.2) is 44.8 Å². The van der Waals surface area contributed by atoms with Crippen molar-refractivity contribution in [1.82, 2.24) is 4.90 Å². The van der Waals surface area contributed by atoms with E-state index in [1.165, 1.54) is 16.7 Å². The molecule has 0 aromatic heterocycles. The van der Waals surface area contributed by atoms with E-state index in [2.05, 4.69) is 0 Å². The molecule has 2 atom stereocenters. The minimum Gasteiger partial charge on any atom is -0.477 e. The summed E-state index contributed by atoms with van der Waals surface area (Å²) < 4.78 is 0. The van der Waals surface area contributed by atoms with Crippen molar-refractivity contribution >= 4 is 35.4 Å². The fourth-order valence-corrected chi connectivity index (χ4v) is 4.73. The Morgan fingerprint density at radius 3 is 2.81 bits per heavy atom. The number of nitrogens with two attached hydrogens (primary N) is 1. The molecule has 0 radical (unpaired) electrons. The van der Waals surface area contributed by atoms with Gasteiger partial charge in [-0.05, 0) is 17.7 Å². The fraction of sp³-hybridized carbons (Fsp3) is 0.286. The Bertz CT molecular complexity index is 618. The maximum absolute atomic E-state index is 11.8. The van der Waals surface area contributed by atoms with Crippen molar-refractivity contribution < 1.29 is 14.7 Å². The average Bonchev–Trinajstić information content (AvgIpc) is 2.52. The topological polar surface area (TPSA) is 83.6 Å². The molecule has 1 amide bonds. The van der Waals surface area contributed by atoms with Crippen LogP contribution in [-0.2, 0) is 9.59 Å². The summed E-state index contributed by atoms with van der Waals surface area (Å²) in [6.45, 7) is 0. The highest BCUT2D eigenvalue weighted by molar-refractivity contribution is 8.01. The van der Waals surface area contributed by atoms with Crippen LogP contribution >= 0.6 is 23.5 Å². The Morgan fingerprint density at radius 1 is 1.43 bits per heavy atom. The number of carboxylic acids is 1. The molecule has 2 heterocycles. The first kappa shape index (κ1) is 14.5. The molecule has 3 N–H and O–H groups in total. The highest BCUT2D eigenvalue weighted by Crippen LogP contribution is 2.40. The summed E-state index contributed by atoms with van der Waals surface area (Å²) in [7, 11) is 0.